The van der Waals surface area contributed by atoms with Gasteiger partial charge in [-0.15, -0.1) is 11.3 Å². The first-order valence-corrected chi connectivity index (χ1v) is 7.18. The summed E-state index contributed by atoms with van der Waals surface area (Å²) in [7, 11) is 0. The summed E-state index contributed by atoms with van der Waals surface area (Å²) in [5.41, 5.74) is 0. The Hall–Kier alpha value is -1.68. The van der Waals surface area contributed by atoms with Crippen LogP contribution in [-0.4, -0.2) is 41.0 Å². The molecule has 5 nitrogen and oxygen atoms in total. The third kappa shape index (κ3) is 3.67. The van der Waals surface area contributed by atoms with Crippen molar-refractivity contribution < 1.29 is 14.7 Å². The van der Waals surface area contributed by atoms with Gasteiger partial charge in [-0.1, -0.05) is 11.8 Å². The second-order valence-electron chi connectivity index (χ2n) is 4.53. The molecule has 2 rings (SSSR count). The van der Waals surface area contributed by atoms with Crippen LogP contribution in [0.4, 0.5) is 0 Å². The number of aliphatic hydroxyl groups is 1. The molecule has 0 saturated carbocycles. The Morgan fingerprint density at radius 3 is 3.05 bits per heavy atom. The molecule has 0 bridgehead atoms. The fourth-order valence-corrected chi connectivity index (χ4v) is 2.81. The summed E-state index contributed by atoms with van der Waals surface area (Å²) in [5, 5.41) is 11.0. The van der Waals surface area contributed by atoms with Crippen LogP contribution >= 0.6 is 11.3 Å². The zero-order valence-corrected chi connectivity index (χ0v) is 12.0. The maximum Gasteiger partial charge on any atom is 0.243 e. The number of imide groups is 1. The third-order valence-corrected chi connectivity index (χ3v) is 3.99. The Morgan fingerprint density at radius 1 is 1.50 bits per heavy atom. The van der Waals surface area contributed by atoms with E-state index in [-0.39, 0.29) is 31.0 Å². The molecule has 1 fully saturated rings. The Balaban J connectivity index is 2.01. The van der Waals surface area contributed by atoms with Crippen LogP contribution in [0.2, 0.25) is 0 Å². The highest BCUT2D eigenvalue weighted by Gasteiger charge is 2.30. The minimum absolute atomic E-state index is 0.0632. The zero-order valence-electron chi connectivity index (χ0n) is 11.2. The quantitative estimate of drug-likeness (QED) is 0.622. The van der Waals surface area contributed by atoms with E-state index in [9.17, 15) is 9.59 Å². The van der Waals surface area contributed by atoms with E-state index >= 15 is 0 Å². The summed E-state index contributed by atoms with van der Waals surface area (Å²) < 4.78 is 0. The maximum atomic E-state index is 11.6. The van der Waals surface area contributed by atoms with Crippen molar-refractivity contribution in [2.75, 3.05) is 13.2 Å². The second kappa shape index (κ2) is 6.66. The van der Waals surface area contributed by atoms with Crippen molar-refractivity contribution in [1.29, 1.82) is 0 Å². The number of nitrogens with zero attached hydrogens (tertiary/aromatic N) is 1. The molecule has 1 aliphatic heterocycles. The zero-order chi connectivity index (χ0) is 14.5. The van der Waals surface area contributed by atoms with Gasteiger partial charge in [0, 0.05) is 17.8 Å². The van der Waals surface area contributed by atoms with E-state index in [0.29, 0.717) is 13.0 Å². The average molecular weight is 292 g/mol. The van der Waals surface area contributed by atoms with Gasteiger partial charge in [-0.25, -0.2) is 0 Å². The lowest BCUT2D eigenvalue weighted by atomic mass is 10.2. The first kappa shape index (κ1) is 14.7. The molecular weight excluding hydrogens is 276 g/mol. The van der Waals surface area contributed by atoms with Crippen LogP contribution in [0.15, 0.2) is 12.1 Å². The van der Waals surface area contributed by atoms with Gasteiger partial charge in [-0.2, -0.15) is 0 Å². The van der Waals surface area contributed by atoms with Crippen LogP contribution in [0.5, 0.6) is 0 Å². The molecule has 0 aliphatic carbocycles. The summed E-state index contributed by atoms with van der Waals surface area (Å²) in [6, 6.07) is 3.57. The van der Waals surface area contributed by atoms with Gasteiger partial charge >= 0.3 is 0 Å². The van der Waals surface area contributed by atoms with Crippen LogP contribution < -0.4 is 5.32 Å². The molecule has 1 aliphatic rings. The van der Waals surface area contributed by atoms with Gasteiger partial charge in [0.05, 0.1) is 24.1 Å². The highest BCUT2D eigenvalue weighted by Crippen LogP contribution is 2.19. The standard InChI is InChI=1S/C14H16N2O3S/c1-10-14(19)15-13(18)9-16(10)8-12-6-5-11(20-12)4-2-3-7-17/h5-6,10,17H,3,7-9H2,1H3,(H,15,18,19). The molecule has 0 radical (unpaired) electrons. The molecule has 2 N–H and O–H groups in total. The number of hydrogen-bond donors (Lipinski definition) is 2. The van der Waals surface area contributed by atoms with E-state index in [1.165, 1.54) is 0 Å². The molecule has 0 spiro atoms. The summed E-state index contributed by atoms with van der Waals surface area (Å²) >= 11 is 1.54. The van der Waals surface area contributed by atoms with E-state index in [1.807, 2.05) is 17.0 Å². The second-order valence-corrected chi connectivity index (χ2v) is 5.70. The summed E-state index contributed by atoms with van der Waals surface area (Å²) in [4.78, 5) is 26.8. The number of carbonyl (C=O) groups excluding carboxylic acids is 2. The Labute approximate surface area is 121 Å². The lowest BCUT2D eigenvalue weighted by Gasteiger charge is -2.30. The molecular formula is C14H16N2O3S. The van der Waals surface area contributed by atoms with Crippen molar-refractivity contribution in [3.05, 3.63) is 21.9 Å². The Morgan fingerprint density at radius 2 is 2.30 bits per heavy atom. The first-order chi connectivity index (χ1) is 9.60. The number of hydrogen-bond acceptors (Lipinski definition) is 5. The van der Waals surface area contributed by atoms with Crippen molar-refractivity contribution >= 4 is 23.2 Å². The number of carbonyl (C=O) groups is 2. The molecule has 0 aromatic carbocycles. The van der Waals surface area contributed by atoms with Gasteiger partial charge in [0.1, 0.15) is 0 Å². The Kier molecular flexibility index (Phi) is 4.90. The lowest BCUT2D eigenvalue weighted by Crippen LogP contribution is -2.56. The molecule has 1 aromatic rings. The van der Waals surface area contributed by atoms with Gasteiger partial charge in [-0.3, -0.25) is 19.8 Å². The molecule has 1 saturated heterocycles. The number of piperazine rings is 1. The summed E-state index contributed by atoms with van der Waals surface area (Å²) in [6.45, 7) is 2.65. The summed E-state index contributed by atoms with van der Waals surface area (Å²) in [6.07, 6.45) is 0.463. The van der Waals surface area contributed by atoms with Gasteiger partial charge < -0.3 is 5.11 Å². The van der Waals surface area contributed by atoms with Gasteiger partial charge in [0.25, 0.3) is 0 Å². The lowest BCUT2D eigenvalue weighted by molar-refractivity contribution is -0.139. The minimum Gasteiger partial charge on any atom is -0.395 e. The molecule has 106 valence electrons. The van der Waals surface area contributed by atoms with Crippen LogP contribution in [0.25, 0.3) is 0 Å². The third-order valence-electron chi connectivity index (χ3n) is 3.01. The van der Waals surface area contributed by atoms with E-state index < -0.39 is 0 Å². The molecule has 6 heteroatoms. The number of rotatable bonds is 3. The number of nitrogens with one attached hydrogen (secondary N) is 1. The van der Waals surface area contributed by atoms with E-state index in [2.05, 4.69) is 17.2 Å². The SMILES string of the molecule is CC1C(=O)NC(=O)CN1Cc1ccc(C#CCCO)s1. The molecule has 1 atom stereocenters. The van der Waals surface area contributed by atoms with E-state index in [0.717, 1.165) is 9.75 Å². The highest BCUT2D eigenvalue weighted by atomic mass is 32.1. The average Bonchev–Trinajstić information content (AvgIpc) is 2.83. The molecule has 20 heavy (non-hydrogen) atoms. The monoisotopic (exact) mass is 292 g/mol. The fraction of sp³-hybridized carbons (Fsp3) is 0.429. The van der Waals surface area contributed by atoms with Crippen molar-refractivity contribution in [1.82, 2.24) is 10.2 Å². The molecule has 2 heterocycles. The molecule has 2 amide bonds. The van der Waals surface area contributed by atoms with Crippen molar-refractivity contribution in [2.24, 2.45) is 0 Å². The molecule has 1 unspecified atom stereocenters. The predicted octanol–water partition coefficient (Wildman–Crippen LogP) is 0.329. The first-order valence-electron chi connectivity index (χ1n) is 6.36. The maximum absolute atomic E-state index is 11.6. The minimum atomic E-state index is -0.307. The van der Waals surface area contributed by atoms with Crippen molar-refractivity contribution in [3.63, 3.8) is 0 Å². The number of amides is 2. The Bertz CT molecular complexity index is 570. The van der Waals surface area contributed by atoms with Crippen LogP contribution in [-0.2, 0) is 16.1 Å². The largest absolute Gasteiger partial charge is 0.395 e. The highest BCUT2D eigenvalue weighted by molar-refractivity contribution is 7.12. The number of thiophene rings is 1. The van der Waals surface area contributed by atoms with Gasteiger partial charge in [0.15, 0.2) is 0 Å². The van der Waals surface area contributed by atoms with Crippen LogP contribution in [0.3, 0.4) is 0 Å². The molecule has 1 aromatic heterocycles. The van der Waals surface area contributed by atoms with E-state index in [1.54, 1.807) is 18.3 Å². The normalized spacial score (nSPS) is 19.4. The van der Waals surface area contributed by atoms with E-state index in [4.69, 9.17) is 5.11 Å². The number of aliphatic hydroxyl groups excluding tert-OH is 1. The fourth-order valence-electron chi connectivity index (χ4n) is 1.90. The van der Waals surface area contributed by atoms with Gasteiger partial charge in [0.2, 0.25) is 11.8 Å². The smallest absolute Gasteiger partial charge is 0.243 e. The van der Waals surface area contributed by atoms with Crippen molar-refractivity contribution in [3.8, 4) is 11.8 Å². The summed E-state index contributed by atoms with van der Waals surface area (Å²) in [5.74, 6) is 5.34. The van der Waals surface area contributed by atoms with Crippen molar-refractivity contribution in [2.45, 2.75) is 25.9 Å². The topological polar surface area (TPSA) is 69.6 Å². The van der Waals surface area contributed by atoms with Gasteiger partial charge in [-0.05, 0) is 19.1 Å². The predicted molar refractivity (Wildman–Crippen MR) is 75.9 cm³/mol. The van der Waals surface area contributed by atoms with Crippen LogP contribution in [0.1, 0.15) is 23.1 Å². The van der Waals surface area contributed by atoms with Crippen LogP contribution in [0, 0.1) is 11.8 Å².